The summed E-state index contributed by atoms with van der Waals surface area (Å²) in [5.41, 5.74) is 0.746. The minimum atomic E-state index is -0.728. The third-order valence-corrected chi connectivity index (χ3v) is 6.79. The number of benzene rings is 1. The van der Waals surface area contributed by atoms with Crippen LogP contribution in [0.15, 0.2) is 30.3 Å². The molecule has 2 aliphatic rings. The van der Waals surface area contributed by atoms with Gasteiger partial charge in [-0.15, -0.1) is 0 Å². The summed E-state index contributed by atoms with van der Waals surface area (Å²) >= 11 is 0. The third kappa shape index (κ3) is 4.27. The third-order valence-electron chi connectivity index (χ3n) is 6.79. The Kier molecular flexibility index (Phi) is 6.55. The molecule has 3 rings (SSSR count). The molecule has 140 valence electrons. The molecule has 0 amide bonds. The lowest BCUT2D eigenvalue weighted by Crippen LogP contribution is -2.43. The van der Waals surface area contributed by atoms with Crippen molar-refractivity contribution in [2.75, 3.05) is 6.61 Å². The molecule has 0 aliphatic heterocycles. The Morgan fingerprint density at radius 3 is 2.36 bits per heavy atom. The normalized spacial score (nSPS) is 36.3. The van der Waals surface area contributed by atoms with Crippen LogP contribution in [-0.2, 0) is 10.3 Å². The van der Waals surface area contributed by atoms with Gasteiger partial charge in [0.05, 0.1) is 5.60 Å². The minimum Gasteiger partial charge on any atom is -0.370 e. The van der Waals surface area contributed by atoms with Crippen molar-refractivity contribution < 1.29 is 9.13 Å². The van der Waals surface area contributed by atoms with Crippen molar-refractivity contribution in [3.05, 3.63) is 35.9 Å². The summed E-state index contributed by atoms with van der Waals surface area (Å²) in [6.07, 6.45) is 9.50. The minimum absolute atomic E-state index is 0.250. The highest BCUT2D eigenvalue weighted by Crippen LogP contribution is 2.49. The van der Waals surface area contributed by atoms with E-state index in [1.165, 1.54) is 38.5 Å². The predicted molar refractivity (Wildman–Crippen MR) is 102 cm³/mol. The molecule has 0 radical (unpaired) electrons. The molecule has 2 heteroatoms. The second kappa shape index (κ2) is 8.66. The molecule has 0 spiro atoms. The van der Waals surface area contributed by atoms with Crippen molar-refractivity contribution in [3.63, 3.8) is 0 Å². The zero-order valence-corrected chi connectivity index (χ0v) is 16.1. The lowest BCUT2D eigenvalue weighted by atomic mass is 9.65. The standard InChI is InChI=1S/C23H35FO/c1-3-8-18-11-13-19(14-12-18)21-15-16-23(25-4-2,17-22(21)24)20-9-6-5-7-10-20/h5-7,9-10,18-19,21-22H,3-4,8,11-17H2,1-2H3. The van der Waals surface area contributed by atoms with Gasteiger partial charge in [-0.2, -0.15) is 0 Å². The van der Waals surface area contributed by atoms with E-state index < -0.39 is 11.8 Å². The van der Waals surface area contributed by atoms with Crippen LogP contribution < -0.4 is 0 Å². The van der Waals surface area contributed by atoms with E-state index in [9.17, 15) is 0 Å². The average molecular weight is 347 g/mol. The van der Waals surface area contributed by atoms with E-state index in [0.29, 0.717) is 18.9 Å². The van der Waals surface area contributed by atoms with Crippen molar-refractivity contribution in [2.24, 2.45) is 17.8 Å². The van der Waals surface area contributed by atoms with Gasteiger partial charge in [-0.05, 0) is 55.9 Å². The Morgan fingerprint density at radius 1 is 1.04 bits per heavy atom. The van der Waals surface area contributed by atoms with Crippen LogP contribution in [0.1, 0.15) is 77.2 Å². The number of hydrogen-bond donors (Lipinski definition) is 0. The molecule has 2 aliphatic carbocycles. The summed E-state index contributed by atoms with van der Waals surface area (Å²) in [4.78, 5) is 0. The van der Waals surface area contributed by atoms with Crippen LogP contribution in [0, 0.1) is 17.8 Å². The summed E-state index contributed by atoms with van der Waals surface area (Å²) < 4.78 is 21.5. The van der Waals surface area contributed by atoms with Gasteiger partial charge in [-0.1, -0.05) is 62.9 Å². The van der Waals surface area contributed by atoms with Crippen molar-refractivity contribution in [1.29, 1.82) is 0 Å². The van der Waals surface area contributed by atoms with Crippen LogP contribution >= 0.6 is 0 Å². The molecule has 0 bridgehead atoms. The Labute approximate surface area is 153 Å². The van der Waals surface area contributed by atoms with Crippen LogP contribution in [0.3, 0.4) is 0 Å². The summed E-state index contributed by atoms with van der Waals surface area (Å²) in [5, 5.41) is 0. The highest BCUT2D eigenvalue weighted by molar-refractivity contribution is 5.24. The fourth-order valence-corrected chi connectivity index (χ4v) is 5.49. The molecule has 0 saturated heterocycles. The first-order valence-corrected chi connectivity index (χ1v) is 10.5. The molecule has 2 fully saturated rings. The van der Waals surface area contributed by atoms with Gasteiger partial charge in [0.25, 0.3) is 0 Å². The van der Waals surface area contributed by atoms with Crippen LogP contribution in [0.5, 0.6) is 0 Å². The Bertz CT molecular complexity index is 508. The molecule has 3 atom stereocenters. The van der Waals surface area contributed by atoms with Crippen molar-refractivity contribution in [2.45, 2.75) is 83.4 Å². The zero-order valence-electron chi connectivity index (χ0n) is 16.1. The number of ether oxygens (including phenoxy) is 1. The summed E-state index contributed by atoms with van der Waals surface area (Å²) in [6.45, 7) is 4.95. The van der Waals surface area contributed by atoms with Gasteiger partial charge in [0, 0.05) is 13.0 Å². The van der Waals surface area contributed by atoms with Crippen LogP contribution in [0.25, 0.3) is 0 Å². The molecule has 1 nitrogen and oxygen atoms in total. The van der Waals surface area contributed by atoms with Crippen LogP contribution in [-0.4, -0.2) is 12.8 Å². The largest absolute Gasteiger partial charge is 0.370 e. The zero-order chi connectivity index (χ0) is 17.7. The van der Waals surface area contributed by atoms with E-state index in [1.807, 2.05) is 25.1 Å². The van der Waals surface area contributed by atoms with Crippen molar-refractivity contribution in [1.82, 2.24) is 0 Å². The van der Waals surface area contributed by atoms with Crippen molar-refractivity contribution in [3.8, 4) is 0 Å². The molecule has 25 heavy (non-hydrogen) atoms. The highest BCUT2D eigenvalue weighted by atomic mass is 19.1. The van der Waals surface area contributed by atoms with E-state index in [4.69, 9.17) is 4.74 Å². The molecule has 3 unspecified atom stereocenters. The maximum absolute atomic E-state index is 15.3. The van der Waals surface area contributed by atoms with E-state index >= 15 is 4.39 Å². The van der Waals surface area contributed by atoms with Gasteiger partial charge >= 0.3 is 0 Å². The van der Waals surface area contributed by atoms with Crippen LogP contribution in [0.4, 0.5) is 4.39 Å². The molecule has 0 N–H and O–H groups in total. The van der Waals surface area contributed by atoms with Crippen molar-refractivity contribution >= 4 is 0 Å². The number of alkyl halides is 1. The van der Waals surface area contributed by atoms with Crippen LogP contribution in [0.2, 0.25) is 0 Å². The lowest BCUT2D eigenvalue weighted by molar-refractivity contribution is -0.110. The molecule has 1 aromatic carbocycles. The summed E-state index contributed by atoms with van der Waals surface area (Å²) in [7, 11) is 0. The highest BCUT2D eigenvalue weighted by Gasteiger charge is 2.45. The van der Waals surface area contributed by atoms with E-state index in [2.05, 4.69) is 19.1 Å². The smallest absolute Gasteiger partial charge is 0.106 e. The fraction of sp³-hybridized carbons (Fsp3) is 0.739. The second-order valence-electron chi connectivity index (χ2n) is 8.29. The first-order chi connectivity index (χ1) is 12.2. The number of halogens is 1. The molecule has 0 heterocycles. The van der Waals surface area contributed by atoms with Gasteiger partial charge in [-0.25, -0.2) is 4.39 Å². The number of hydrogen-bond acceptors (Lipinski definition) is 1. The van der Waals surface area contributed by atoms with E-state index in [0.717, 1.165) is 24.3 Å². The van der Waals surface area contributed by atoms with E-state index in [1.54, 1.807) is 0 Å². The molecule has 2 saturated carbocycles. The topological polar surface area (TPSA) is 9.23 Å². The SMILES string of the molecule is CCCC1CCC(C2CCC(OCC)(c3ccccc3)CC2F)CC1. The fourth-order valence-electron chi connectivity index (χ4n) is 5.49. The lowest BCUT2D eigenvalue weighted by Gasteiger charge is -2.45. The molecular formula is C23H35FO. The first-order valence-electron chi connectivity index (χ1n) is 10.5. The quantitative estimate of drug-likeness (QED) is 0.559. The molecular weight excluding hydrogens is 311 g/mol. The summed E-state index contributed by atoms with van der Waals surface area (Å²) in [6, 6.07) is 10.3. The first kappa shape index (κ1) is 18.9. The predicted octanol–water partition coefficient (Wildman–Crippen LogP) is 6.66. The van der Waals surface area contributed by atoms with Gasteiger partial charge in [0.15, 0.2) is 0 Å². The Morgan fingerprint density at radius 2 is 1.76 bits per heavy atom. The molecule has 1 aromatic rings. The Hall–Kier alpha value is -0.890. The maximum Gasteiger partial charge on any atom is 0.106 e. The van der Waals surface area contributed by atoms with Gasteiger partial charge in [0.2, 0.25) is 0 Å². The Balaban J connectivity index is 1.65. The van der Waals surface area contributed by atoms with Gasteiger partial charge in [0.1, 0.15) is 6.17 Å². The monoisotopic (exact) mass is 346 g/mol. The van der Waals surface area contributed by atoms with Gasteiger partial charge in [-0.3, -0.25) is 0 Å². The average Bonchev–Trinajstić information content (AvgIpc) is 2.64. The molecule has 0 aromatic heterocycles. The second-order valence-corrected chi connectivity index (χ2v) is 8.29. The van der Waals surface area contributed by atoms with Gasteiger partial charge < -0.3 is 4.74 Å². The number of rotatable bonds is 6. The maximum atomic E-state index is 15.3. The summed E-state index contributed by atoms with van der Waals surface area (Å²) in [5.74, 6) is 1.74. The van der Waals surface area contributed by atoms with E-state index in [-0.39, 0.29) is 5.92 Å².